The van der Waals surface area contributed by atoms with Gasteiger partial charge in [0.05, 0.1) is 0 Å². The molecule has 2 nitrogen and oxygen atoms in total. The first-order chi connectivity index (χ1) is 12.5. The van der Waals surface area contributed by atoms with Crippen LogP contribution in [0.5, 0.6) is 0 Å². The minimum atomic E-state index is -7.59. The predicted octanol–water partition coefficient (Wildman–Crippen LogP) is 4.84. The number of aryl methyl sites for hydroxylation is 1. The van der Waals surface area contributed by atoms with Gasteiger partial charge in [0.15, 0.2) is 0 Å². The maximum atomic E-state index is 13.4. The average Bonchev–Trinajstić information content (AvgIpc) is 2.57. The highest BCUT2D eigenvalue weighted by Gasteiger charge is 2.88. The van der Waals surface area contributed by atoms with Gasteiger partial charge in [-0.25, -0.2) is 0 Å². The molecule has 0 radical (unpaired) electrons. The van der Waals surface area contributed by atoms with Gasteiger partial charge in [-0.05, 0) is 18.4 Å². The standard InChI is InChI=1S/C15H12F11NO/c16-11(17,10(28)27-8-4-7-9-5-2-1-3-6-9)12(18,19)13(20,21)14(22,23)15(24,25)26/h1-3,5-6H,4,7-8H2,(H,27,28). The predicted molar refractivity (Wildman–Crippen MR) is 73.6 cm³/mol. The number of halogens is 11. The van der Waals surface area contributed by atoms with Crippen molar-refractivity contribution >= 4 is 5.91 Å². The number of carbonyl (C=O) groups is 1. The summed E-state index contributed by atoms with van der Waals surface area (Å²) in [4.78, 5) is 11.1. The number of alkyl halides is 11. The van der Waals surface area contributed by atoms with Crippen molar-refractivity contribution < 1.29 is 53.1 Å². The highest BCUT2D eigenvalue weighted by molar-refractivity contribution is 5.84. The zero-order valence-corrected chi connectivity index (χ0v) is 13.6. The molecule has 13 heteroatoms. The van der Waals surface area contributed by atoms with Crippen LogP contribution in [0.1, 0.15) is 12.0 Å². The molecule has 0 atom stereocenters. The fourth-order valence-corrected chi connectivity index (χ4v) is 1.97. The molecule has 1 N–H and O–H groups in total. The van der Waals surface area contributed by atoms with Crippen molar-refractivity contribution in [2.24, 2.45) is 0 Å². The molecule has 1 aromatic carbocycles. The molecule has 0 fully saturated rings. The van der Waals surface area contributed by atoms with Gasteiger partial charge in [-0.3, -0.25) is 4.79 Å². The van der Waals surface area contributed by atoms with Crippen LogP contribution in [0, 0.1) is 0 Å². The Bertz CT molecular complexity index is 670. The number of rotatable bonds is 8. The highest BCUT2D eigenvalue weighted by Crippen LogP contribution is 2.57. The van der Waals surface area contributed by atoms with Crippen LogP contribution >= 0.6 is 0 Å². The number of nitrogens with one attached hydrogen (secondary N) is 1. The lowest BCUT2D eigenvalue weighted by Crippen LogP contribution is -2.69. The second-order valence-corrected chi connectivity index (χ2v) is 5.64. The van der Waals surface area contributed by atoms with E-state index in [0.29, 0.717) is 5.56 Å². The van der Waals surface area contributed by atoms with Gasteiger partial charge in [-0.15, -0.1) is 0 Å². The first-order valence-corrected chi connectivity index (χ1v) is 7.40. The van der Waals surface area contributed by atoms with Crippen molar-refractivity contribution in [1.29, 1.82) is 0 Å². The van der Waals surface area contributed by atoms with Gasteiger partial charge in [-0.2, -0.15) is 48.3 Å². The van der Waals surface area contributed by atoms with Crippen molar-refractivity contribution in [2.45, 2.75) is 42.7 Å². The van der Waals surface area contributed by atoms with E-state index in [4.69, 9.17) is 0 Å². The van der Waals surface area contributed by atoms with Gasteiger partial charge in [0.1, 0.15) is 0 Å². The van der Waals surface area contributed by atoms with E-state index in [1.807, 2.05) is 0 Å². The SMILES string of the molecule is O=C(NCCCc1ccccc1)C(F)(F)C(F)(F)C(F)(F)C(F)(F)C(F)(F)F. The summed E-state index contributed by atoms with van der Waals surface area (Å²) in [6.07, 6.45) is -7.25. The topological polar surface area (TPSA) is 29.1 Å². The lowest BCUT2D eigenvalue weighted by molar-refractivity contribution is -0.417. The average molecular weight is 431 g/mol. The molecule has 1 rings (SSSR count). The van der Waals surface area contributed by atoms with Gasteiger partial charge >= 0.3 is 29.9 Å². The summed E-state index contributed by atoms with van der Waals surface area (Å²) in [6, 6.07) is 8.02. The molecule has 0 spiro atoms. The third-order valence-corrected chi connectivity index (χ3v) is 3.59. The second kappa shape index (κ2) is 7.74. The first kappa shape index (κ1) is 24.0. The fourth-order valence-electron chi connectivity index (χ4n) is 1.97. The lowest BCUT2D eigenvalue weighted by atomic mass is 9.97. The minimum Gasteiger partial charge on any atom is -0.351 e. The van der Waals surface area contributed by atoms with Crippen molar-refractivity contribution in [3.05, 3.63) is 35.9 Å². The van der Waals surface area contributed by atoms with Gasteiger partial charge in [-0.1, -0.05) is 30.3 Å². The third kappa shape index (κ3) is 4.17. The zero-order chi connectivity index (χ0) is 22.0. The monoisotopic (exact) mass is 431 g/mol. The largest absolute Gasteiger partial charge is 0.460 e. The van der Waals surface area contributed by atoms with Crippen LogP contribution in [-0.4, -0.2) is 42.3 Å². The highest BCUT2D eigenvalue weighted by atomic mass is 19.4. The Morgan fingerprint density at radius 2 is 1.25 bits per heavy atom. The van der Waals surface area contributed by atoms with Crippen molar-refractivity contribution in [1.82, 2.24) is 5.32 Å². The van der Waals surface area contributed by atoms with Crippen LogP contribution in [0.15, 0.2) is 30.3 Å². The first-order valence-electron chi connectivity index (χ1n) is 7.40. The van der Waals surface area contributed by atoms with E-state index >= 15 is 0 Å². The molecule has 160 valence electrons. The summed E-state index contributed by atoms with van der Waals surface area (Å²) < 4.78 is 141. The van der Waals surface area contributed by atoms with Crippen LogP contribution in [0.25, 0.3) is 0 Å². The number of carbonyl (C=O) groups excluding carboxylic acids is 1. The van der Waals surface area contributed by atoms with Crippen LogP contribution in [0.3, 0.4) is 0 Å². The van der Waals surface area contributed by atoms with Gasteiger partial charge in [0.25, 0.3) is 5.91 Å². The van der Waals surface area contributed by atoms with E-state index in [2.05, 4.69) is 0 Å². The molecular weight excluding hydrogens is 419 g/mol. The fraction of sp³-hybridized carbons (Fsp3) is 0.533. The van der Waals surface area contributed by atoms with Crippen molar-refractivity contribution in [2.75, 3.05) is 6.54 Å². The lowest BCUT2D eigenvalue weighted by Gasteiger charge is -2.36. The van der Waals surface area contributed by atoms with Crippen molar-refractivity contribution in [3.63, 3.8) is 0 Å². The van der Waals surface area contributed by atoms with E-state index in [9.17, 15) is 53.1 Å². The summed E-state index contributed by atoms with van der Waals surface area (Å²) in [5, 5.41) is 1.13. The smallest absolute Gasteiger partial charge is 0.351 e. The van der Waals surface area contributed by atoms with Crippen LogP contribution in [0.4, 0.5) is 48.3 Å². The second-order valence-electron chi connectivity index (χ2n) is 5.64. The number of hydrogen-bond donors (Lipinski definition) is 1. The maximum absolute atomic E-state index is 13.4. The minimum absolute atomic E-state index is 0.132. The van der Waals surface area contributed by atoms with E-state index in [1.54, 1.807) is 30.3 Å². The Labute approximate surface area is 150 Å². The molecule has 0 aromatic heterocycles. The van der Waals surface area contributed by atoms with E-state index in [-0.39, 0.29) is 12.8 Å². The van der Waals surface area contributed by atoms with E-state index in [1.165, 1.54) is 0 Å². The molecule has 1 aromatic rings. The van der Waals surface area contributed by atoms with E-state index < -0.39 is 42.3 Å². The Morgan fingerprint density at radius 3 is 1.71 bits per heavy atom. The molecular formula is C15H12F11NO. The molecule has 0 aliphatic heterocycles. The molecule has 0 heterocycles. The molecule has 1 amide bonds. The Kier molecular flexibility index (Phi) is 6.62. The Hall–Kier alpha value is -2.08. The van der Waals surface area contributed by atoms with Crippen LogP contribution in [-0.2, 0) is 11.2 Å². The normalized spacial score (nSPS) is 14.1. The van der Waals surface area contributed by atoms with Gasteiger partial charge < -0.3 is 5.32 Å². The quantitative estimate of drug-likeness (QED) is 0.464. The molecule has 0 bridgehead atoms. The third-order valence-electron chi connectivity index (χ3n) is 3.59. The Morgan fingerprint density at radius 1 is 0.750 bits per heavy atom. The molecule has 0 aliphatic rings. The van der Waals surface area contributed by atoms with Gasteiger partial charge in [0.2, 0.25) is 0 Å². The van der Waals surface area contributed by atoms with Crippen LogP contribution < -0.4 is 5.32 Å². The molecule has 0 saturated carbocycles. The van der Waals surface area contributed by atoms with Crippen LogP contribution in [0.2, 0.25) is 0 Å². The molecule has 0 unspecified atom stereocenters. The summed E-state index contributed by atoms with van der Waals surface area (Å²) in [7, 11) is 0. The summed E-state index contributed by atoms with van der Waals surface area (Å²) in [5.41, 5.74) is 0.644. The number of benzene rings is 1. The van der Waals surface area contributed by atoms with E-state index in [0.717, 1.165) is 5.32 Å². The number of amides is 1. The zero-order valence-electron chi connectivity index (χ0n) is 13.6. The van der Waals surface area contributed by atoms with Gasteiger partial charge in [0, 0.05) is 6.54 Å². The summed E-state index contributed by atoms with van der Waals surface area (Å²) >= 11 is 0. The summed E-state index contributed by atoms with van der Waals surface area (Å²) in [5.74, 6) is -32.1. The number of hydrogen-bond acceptors (Lipinski definition) is 1. The van der Waals surface area contributed by atoms with Crippen molar-refractivity contribution in [3.8, 4) is 0 Å². The molecule has 28 heavy (non-hydrogen) atoms. The maximum Gasteiger partial charge on any atom is 0.460 e. The molecule has 0 saturated heterocycles. The Balaban J connectivity index is 2.88. The molecule has 0 aliphatic carbocycles. The summed E-state index contributed by atoms with van der Waals surface area (Å²) in [6.45, 7) is -0.749.